The molecule has 0 spiro atoms. The topological polar surface area (TPSA) is 57.1 Å². The molecule has 2 unspecified atom stereocenters. The van der Waals surface area contributed by atoms with E-state index in [0.717, 1.165) is 63.1 Å². The third-order valence-electron chi connectivity index (χ3n) is 10.5. The summed E-state index contributed by atoms with van der Waals surface area (Å²) in [7, 11) is 0. The van der Waals surface area contributed by atoms with Gasteiger partial charge >= 0.3 is 12.4 Å². The number of aliphatic hydroxyl groups excluding tert-OH is 1. The Hall–Kier alpha value is -3.83. The highest BCUT2D eigenvalue weighted by Crippen LogP contribution is 2.59. The lowest BCUT2D eigenvalue weighted by molar-refractivity contribution is -0.143. The van der Waals surface area contributed by atoms with Crippen LogP contribution in [0.1, 0.15) is 90.6 Å². The van der Waals surface area contributed by atoms with Gasteiger partial charge in [-0.1, -0.05) is 37.3 Å². The van der Waals surface area contributed by atoms with Crippen molar-refractivity contribution >= 4 is 5.57 Å². The Bertz CT molecular complexity index is 1930. The molecule has 7 rings (SSSR count). The van der Waals surface area contributed by atoms with Crippen molar-refractivity contribution in [3.05, 3.63) is 111 Å². The molecule has 2 aliphatic heterocycles. The van der Waals surface area contributed by atoms with Gasteiger partial charge in [0.15, 0.2) is 0 Å². The second kappa shape index (κ2) is 9.60. The number of rotatable bonds is 4. The van der Waals surface area contributed by atoms with Crippen LogP contribution in [0.25, 0.3) is 11.3 Å². The highest BCUT2D eigenvalue weighted by molar-refractivity contribution is 5.90. The predicted molar refractivity (Wildman–Crippen MR) is 161 cm³/mol. The van der Waals surface area contributed by atoms with Crippen LogP contribution in [0.5, 0.6) is 0 Å². The zero-order valence-corrected chi connectivity index (χ0v) is 26.1. The molecule has 2 N–H and O–H groups in total. The number of fused-ring (bicyclic) bond motifs is 10. The van der Waals surface area contributed by atoms with Crippen LogP contribution < -0.4 is 0 Å². The zero-order valence-electron chi connectivity index (χ0n) is 26.1. The number of benzene rings is 2. The van der Waals surface area contributed by atoms with Crippen molar-refractivity contribution in [3.8, 4) is 5.69 Å². The van der Waals surface area contributed by atoms with Gasteiger partial charge in [-0.25, -0.2) is 4.68 Å². The number of nitrogens with one attached hydrogen (secondary N) is 1. The number of hydrogen-bond acceptors (Lipinski definition) is 3. The molecule has 2 aromatic heterocycles. The van der Waals surface area contributed by atoms with Gasteiger partial charge in [0.2, 0.25) is 0 Å². The van der Waals surface area contributed by atoms with Crippen LogP contribution >= 0.6 is 0 Å². The van der Waals surface area contributed by atoms with E-state index in [1.54, 1.807) is 0 Å². The molecule has 46 heavy (non-hydrogen) atoms. The summed E-state index contributed by atoms with van der Waals surface area (Å²) in [6.07, 6.45) is -5.13. The molecular weight excluding hydrogens is 606 g/mol. The molecule has 1 aliphatic carbocycles. The standard InChI is InChI=1S/C35H34F6N4O/c1-6-19-8-7-9-22-26-15-32(4,18-46)29-24(12-13-42-29)33(26,5)30-23-17-44(31(2,3)28(23)43-45(30)27(19)22)16-20-10-11-21(34(36,37)38)14-25(20)35(39,40)41/h7-15,42,46H,6,16-18H2,1-5H3. The van der Waals surface area contributed by atoms with E-state index in [2.05, 4.69) is 37.0 Å². The van der Waals surface area contributed by atoms with Gasteiger partial charge < -0.3 is 10.1 Å². The molecule has 0 bridgehead atoms. The number of halogens is 6. The Morgan fingerprint density at radius 2 is 1.70 bits per heavy atom. The maximum atomic E-state index is 14.1. The van der Waals surface area contributed by atoms with Crippen molar-refractivity contribution in [1.82, 2.24) is 19.7 Å². The molecule has 0 radical (unpaired) electrons. The molecule has 0 amide bonds. The fourth-order valence-corrected chi connectivity index (χ4v) is 7.93. The van der Waals surface area contributed by atoms with Crippen LogP contribution in [0.15, 0.2) is 54.7 Å². The largest absolute Gasteiger partial charge is 0.416 e. The third kappa shape index (κ3) is 4.06. The number of H-pyrrole nitrogens is 1. The molecule has 2 atom stereocenters. The fraction of sp³-hybridized carbons (Fsp3) is 0.400. The van der Waals surface area contributed by atoms with Gasteiger partial charge in [0.1, 0.15) is 0 Å². The molecule has 242 valence electrons. The van der Waals surface area contributed by atoms with Gasteiger partial charge in [-0.05, 0) is 74.6 Å². The van der Waals surface area contributed by atoms with Crippen molar-refractivity contribution in [2.75, 3.05) is 6.61 Å². The Kier molecular flexibility index (Phi) is 6.43. The number of aryl methyl sites for hydroxylation is 1. The van der Waals surface area contributed by atoms with E-state index < -0.39 is 39.8 Å². The number of nitrogens with zero attached hydrogens (tertiary/aromatic N) is 3. The molecule has 0 saturated heterocycles. The SMILES string of the molecule is CCc1cccc2c1-n1nc3c(c1C1(C)C2=CC(C)(CO)c2[nH]ccc21)CN(Cc1ccc(C(F)(F)F)cc1C(F)(F)F)C3(C)C. The molecule has 3 aliphatic rings. The van der Waals surface area contributed by atoms with Crippen molar-refractivity contribution in [3.63, 3.8) is 0 Å². The van der Waals surface area contributed by atoms with Crippen LogP contribution in [0.4, 0.5) is 26.3 Å². The van der Waals surface area contributed by atoms with Crippen LogP contribution in [0.2, 0.25) is 0 Å². The summed E-state index contributed by atoms with van der Waals surface area (Å²) in [6, 6.07) is 10.0. The summed E-state index contributed by atoms with van der Waals surface area (Å²) in [5.41, 5.74) is 3.34. The lowest BCUT2D eigenvalue weighted by atomic mass is 9.60. The smallest absolute Gasteiger partial charge is 0.395 e. The third-order valence-corrected chi connectivity index (χ3v) is 10.5. The molecule has 11 heteroatoms. The summed E-state index contributed by atoms with van der Waals surface area (Å²) in [5, 5.41) is 15.8. The maximum absolute atomic E-state index is 14.1. The molecule has 0 saturated carbocycles. The average molecular weight is 641 g/mol. The minimum atomic E-state index is -4.96. The lowest BCUT2D eigenvalue weighted by Gasteiger charge is -2.46. The lowest BCUT2D eigenvalue weighted by Crippen LogP contribution is -2.43. The Morgan fingerprint density at radius 1 is 0.957 bits per heavy atom. The normalized spacial score (nSPS) is 23.3. The minimum Gasteiger partial charge on any atom is -0.395 e. The Morgan fingerprint density at radius 3 is 2.35 bits per heavy atom. The number of aromatic nitrogens is 3. The first-order chi connectivity index (χ1) is 21.5. The quantitative estimate of drug-likeness (QED) is 0.222. The van der Waals surface area contributed by atoms with Gasteiger partial charge in [0.05, 0.1) is 45.8 Å². The van der Waals surface area contributed by atoms with E-state index in [-0.39, 0.29) is 31.3 Å². The molecule has 2 aromatic carbocycles. The minimum absolute atomic E-state index is 0.115. The number of aliphatic hydroxyl groups is 1. The van der Waals surface area contributed by atoms with Gasteiger partial charge in [0.25, 0.3) is 0 Å². The average Bonchev–Trinajstić information content (AvgIpc) is 3.69. The molecule has 4 heterocycles. The van der Waals surface area contributed by atoms with Crippen molar-refractivity contribution < 1.29 is 31.4 Å². The molecule has 0 fully saturated rings. The number of para-hydroxylation sites is 1. The van der Waals surface area contributed by atoms with E-state index in [0.29, 0.717) is 6.07 Å². The summed E-state index contributed by atoms with van der Waals surface area (Å²) < 4.78 is 84.6. The first kappa shape index (κ1) is 30.8. The van der Waals surface area contributed by atoms with Crippen LogP contribution in [-0.4, -0.2) is 31.4 Å². The van der Waals surface area contributed by atoms with Crippen LogP contribution in [0.3, 0.4) is 0 Å². The number of hydrogen-bond donors (Lipinski definition) is 2. The highest BCUT2D eigenvalue weighted by Gasteiger charge is 2.54. The molecule has 4 aromatic rings. The van der Waals surface area contributed by atoms with Gasteiger partial charge in [0, 0.05) is 41.5 Å². The second-order valence-electron chi connectivity index (χ2n) is 13.6. The number of aromatic amines is 1. The maximum Gasteiger partial charge on any atom is 0.416 e. The van der Waals surface area contributed by atoms with Gasteiger partial charge in [-0.15, -0.1) is 0 Å². The van der Waals surface area contributed by atoms with Crippen LogP contribution in [-0.2, 0) is 48.2 Å². The fourth-order valence-electron chi connectivity index (χ4n) is 7.93. The number of allylic oxidation sites excluding steroid dienone is 1. The highest BCUT2D eigenvalue weighted by atomic mass is 19.4. The van der Waals surface area contributed by atoms with Crippen molar-refractivity contribution in [2.24, 2.45) is 0 Å². The van der Waals surface area contributed by atoms with E-state index >= 15 is 0 Å². The van der Waals surface area contributed by atoms with E-state index in [9.17, 15) is 31.4 Å². The summed E-state index contributed by atoms with van der Waals surface area (Å²) in [5.74, 6) is 0. The van der Waals surface area contributed by atoms with E-state index in [4.69, 9.17) is 5.10 Å². The van der Waals surface area contributed by atoms with Gasteiger partial charge in [-0.3, -0.25) is 4.90 Å². The summed E-state index contributed by atoms with van der Waals surface area (Å²) >= 11 is 0. The van der Waals surface area contributed by atoms with Crippen molar-refractivity contribution in [2.45, 2.75) is 82.9 Å². The summed E-state index contributed by atoms with van der Waals surface area (Å²) in [4.78, 5) is 5.21. The Labute approximate surface area is 262 Å². The Balaban J connectivity index is 1.42. The second-order valence-corrected chi connectivity index (χ2v) is 13.6. The number of alkyl halides is 6. The van der Waals surface area contributed by atoms with E-state index in [1.807, 2.05) is 48.7 Å². The first-order valence-electron chi connectivity index (χ1n) is 15.3. The summed E-state index contributed by atoms with van der Waals surface area (Å²) in [6.45, 7) is 9.90. The zero-order chi connectivity index (χ0) is 33.2. The monoisotopic (exact) mass is 640 g/mol. The van der Waals surface area contributed by atoms with Crippen molar-refractivity contribution in [1.29, 1.82) is 0 Å². The first-order valence-corrected chi connectivity index (χ1v) is 15.3. The van der Waals surface area contributed by atoms with Gasteiger partial charge in [-0.2, -0.15) is 31.4 Å². The molecule has 5 nitrogen and oxygen atoms in total. The molecular formula is C35H34F6N4O. The predicted octanol–water partition coefficient (Wildman–Crippen LogP) is 8.02. The van der Waals surface area contributed by atoms with E-state index in [1.165, 1.54) is 0 Å². The van der Waals surface area contributed by atoms with Crippen LogP contribution in [0, 0.1) is 0 Å².